The predicted molar refractivity (Wildman–Crippen MR) is 76.1 cm³/mol. The molecule has 0 aliphatic carbocycles. The lowest BCUT2D eigenvalue weighted by Crippen LogP contribution is -2.23. The third kappa shape index (κ3) is 2.12. The number of nitrogens with zero attached hydrogens (tertiary/aromatic N) is 2. The van der Waals surface area contributed by atoms with Crippen molar-refractivity contribution in [3.8, 4) is 11.4 Å². The number of benzene rings is 1. The monoisotopic (exact) mass is 261 g/mol. The molecule has 0 bridgehead atoms. The number of methoxy groups -OCH3 is 1. The number of anilines is 1. The van der Waals surface area contributed by atoms with Crippen LogP contribution in [0.5, 0.6) is 5.75 Å². The zero-order chi connectivity index (χ0) is 14.2. The third-order valence-corrected chi connectivity index (χ3v) is 3.18. The topological polar surface area (TPSA) is 62.2 Å². The Morgan fingerprint density at radius 1 is 1.21 bits per heavy atom. The molecular weight excluding hydrogens is 242 g/mol. The van der Waals surface area contributed by atoms with Crippen molar-refractivity contribution in [2.45, 2.75) is 26.8 Å². The van der Waals surface area contributed by atoms with E-state index in [4.69, 9.17) is 10.5 Å². The van der Waals surface area contributed by atoms with E-state index in [1.807, 2.05) is 49.7 Å². The molecule has 0 saturated heterocycles. The normalized spacial score (nSPS) is 11.0. The number of ether oxygens (including phenoxy) is 1. The molecule has 102 valence electrons. The van der Waals surface area contributed by atoms with Crippen LogP contribution in [0.25, 0.3) is 5.69 Å². The van der Waals surface area contributed by atoms with Crippen LogP contribution in [0, 0.1) is 6.92 Å². The predicted octanol–water partition coefficient (Wildman–Crippen LogP) is 2.12. The summed E-state index contributed by atoms with van der Waals surface area (Å²) >= 11 is 0. The average Bonchev–Trinajstić information content (AvgIpc) is 2.63. The van der Waals surface area contributed by atoms with Gasteiger partial charge in [0.1, 0.15) is 11.4 Å². The lowest BCUT2D eigenvalue weighted by molar-refractivity contribution is 0.414. The van der Waals surface area contributed by atoms with Gasteiger partial charge in [0.25, 0.3) is 5.56 Å². The molecule has 0 atom stereocenters. The molecule has 1 aromatic carbocycles. The molecule has 19 heavy (non-hydrogen) atoms. The van der Waals surface area contributed by atoms with E-state index in [0.29, 0.717) is 5.69 Å². The third-order valence-electron chi connectivity index (χ3n) is 3.18. The highest BCUT2D eigenvalue weighted by Gasteiger charge is 2.17. The molecule has 0 spiro atoms. The van der Waals surface area contributed by atoms with Gasteiger partial charge in [-0.15, -0.1) is 0 Å². The van der Waals surface area contributed by atoms with E-state index in [-0.39, 0.29) is 11.6 Å². The Labute approximate surface area is 112 Å². The number of hydrogen-bond acceptors (Lipinski definition) is 3. The van der Waals surface area contributed by atoms with Gasteiger partial charge >= 0.3 is 0 Å². The van der Waals surface area contributed by atoms with Gasteiger partial charge in [-0.1, -0.05) is 0 Å². The first kappa shape index (κ1) is 13.3. The van der Waals surface area contributed by atoms with E-state index in [1.165, 1.54) is 0 Å². The summed E-state index contributed by atoms with van der Waals surface area (Å²) in [6.45, 7) is 5.90. The SMILES string of the molecule is COc1ccc(-n2c(=O)c(N)c(C)n2C(C)C)cc1. The maximum absolute atomic E-state index is 12.3. The lowest BCUT2D eigenvalue weighted by Gasteiger charge is -2.17. The van der Waals surface area contributed by atoms with E-state index in [0.717, 1.165) is 17.1 Å². The summed E-state index contributed by atoms with van der Waals surface area (Å²) in [5.74, 6) is 0.754. The van der Waals surface area contributed by atoms with Gasteiger partial charge < -0.3 is 10.5 Å². The summed E-state index contributed by atoms with van der Waals surface area (Å²) in [5, 5.41) is 0. The van der Waals surface area contributed by atoms with Crippen LogP contribution in [0.1, 0.15) is 25.6 Å². The van der Waals surface area contributed by atoms with Gasteiger partial charge in [0.2, 0.25) is 0 Å². The lowest BCUT2D eigenvalue weighted by atomic mass is 10.3. The fourth-order valence-electron chi connectivity index (χ4n) is 2.22. The summed E-state index contributed by atoms with van der Waals surface area (Å²) in [7, 11) is 1.61. The van der Waals surface area contributed by atoms with Crippen molar-refractivity contribution in [2.24, 2.45) is 0 Å². The average molecular weight is 261 g/mol. The van der Waals surface area contributed by atoms with Gasteiger partial charge in [-0.3, -0.25) is 9.48 Å². The fraction of sp³-hybridized carbons (Fsp3) is 0.357. The molecule has 0 unspecified atom stereocenters. The first-order valence-corrected chi connectivity index (χ1v) is 6.21. The van der Waals surface area contributed by atoms with Crippen LogP contribution in [0.3, 0.4) is 0 Å². The summed E-state index contributed by atoms with van der Waals surface area (Å²) in [5.41, 5.74) is 7.53. The minimum absolute atomic E-state index is 0.145. The Kier molecular flexibility index (Phi) is 3.38. The first-order chi connectivity index (χ1) is 8.97. The van der Waals surface area contributed by atoms with Crippen molar-refractivity contribution < 1.29 is 4.74 Å². The summed E-state index contributed by atoms with van der Waals surface area (Å²) in [6.07, 6.45) is 0. The molecule has 0 aliphatic rings. The number of aromatic nitrogens is 2. The molecule has 0 saturated carbocycles. The minimum atomic E-state index is -0.184. The van der Waals surface area contributed by atoms with Gasteiger partial charge in [-0.25, -0.2) is 4.68 Å². The second-order valence-electron chi connectivity index (χ2n) is 4.75. The van der Waals surface area contributed by atoms with Crippen molar-refractivity contribution in [1.82, 2.24) is 9.36 Å². The maximum Gasteiger partial charge on any atom is 0.294 e. The second kappa shape index (κ2) is 4.84. The quantitative estimate of drug-likeness (QED) is 0.920. The first-order valence-electron chi connectivity index (χ1n) is 6.21. The van der Waals surface area contributed by atoms with E-state index in [2.05, 4.69) is 0 Å². The van der Waals surface area contributed by atoms with E-state index < -0.39 is 0 Å². The molecule has 5 heteroatoms. The van der Waals surface area contributed by atoms with Crippen molar-refractivity contribution in [1.29, 1.82) is 0 Å². The van der Waals surface area contributed by atoms with Crippen molar-refractivity contribution in [2.75, 3.05) is 12.8 Å². The van der Waals surface area contributed by atoms with Gasteiger partial charge in [-0.05, 0) is 45.0 Å². The molecule has 0 fully saturated rings. The Morgan fingerprint density at radius 3 is 2.26 bits per heavy atom. The van der Waals surface area contributed by atoms with Crippen LogP contribution in [-0.4, -0.2) is 16.5 Å². The zero-order valence-corrected chi connectivity index (χ0v) is 11.7. The molecule has 2 N–H and O–H groups in total. The van der Waals surface area contributed by atoms with Crippen LogP contribution < -0.4 is 16.0 Å². The maximum atomic E-state index is 12.3. The Morgan fingerprint density at radius 2 is 1.79 bits per heavy atom. The summed E-state index contributed by atoms with van der Waals surface area (Å²) in [4.78, 5) is 12.3. The molecule has 5 nitrogen and oxygen atoms in total. The largest absolute Gasteiger partial charge is 0.497 e. The molecule has 0 radical (unpaired) electrons. The van der Waals surface area contributed by atoms with Crippen LogP contribution in [-0.2, 0) is 0 Å². The van der Waals surface area contributed by atoms with E-state index >= 15 is 0 Å². The van der Waals surface area contributed by atoms with Crippen LogP contribution in [0.4, 0.5) is 5.69 Å². The molecule has 0 amide bonds. The minimum Gasteiger partial charge on any atom is -0.497 e. The summed E-state index contributed by atoms with van der Waals surface area (Å²) in [6, 6.07) is 7.48. The molecule has 2 rings (SSSR count). The van der Waals surface area contributed by atoms with Crippen LogP contribution in [0.15, 0.2) is 29.1 Å². The van der Waals surface area contributed by atoms with Crippen molar-refractivity contribution in [3.63, 3.8) is 0 Å². The standard InChI is InChI=1S/C14H19N3O2/c1-9(2)16-10(3)13(15)14(18)17(16)11-5-7-12(19-4)8-6-11/h5-9H,15H2,1-4H3. The van der Waals surface area contributed by atoms with Gasteiger partial charge in [-0.2, -0.15) is 0 Å². The highest BCUT2D eigenvalue weighted by molar-refractivity contribution is 5.46. The zero-order valence-electron chi connectivity index (χ0n) is 11.7. The van der Waals surface area contributed by atoms with Crippen molar-refractivity contribution >= 4 is 5.69 Å². The Balaban J connectivity index is 2.67. The van der Waals surface area contributed by atoms with Gasteiger partial charge in [0.15, 0.2) is 0 Å². The number of nitrogens with two attached hydrogens (primary N) is 1. The van der Waals surface area contributed by atoms with Crippen LogP contribution in [0.2, 0.25) is 0 Å². The Bertz CT molecular complexity index is 636. The highest BCUT2D eigenvalue weighted by Crippen LogP contribution is 2.19. The number of rotatable bonds is 3. The number of hydrogen-bond donors (Lipinski definition) is 1. The molecule has 1 aromatic heterocycles. The molecular formula is C14H19N3O2. The molecule has 2 aromatic rings. The van der Waals surface area contributed by atoms with Gasteiger partial charge in [0, 0.05) is 6.04 Å². The Hall–Kier alpha value is -2.17. The van der Waals surface area contributed by atoms with Gasteiger partial charge in [0.05, 0.1) is 18.5 Å². The smallest absolute Gasteiger partial charge is 0.294 e. The molecule has 0 aliphatic heterocycles. The molecule has 1 heterocycles. The summed E-state index contributed by atoms with van der Waals surface area (Å²) < 4.78 is 8.63. The fourth-order valence-corrected chi connectivity index (χ4v) is 2.22. The van der Waals surface area contributed by atoms with Crippen LogP contribution >= 0.6 is 0 Å². The van der Waals surface area contributed by atoms with E-state index in [9.17, 15) is 4.79 Å². The van der Waals surface area contributed by atoms with Crippen molar-refractivity contribution in [3.05, 3.63) is 40.3 Å². The number of nitrogen functional groups attached to an aromatic ring is 1. The van der Waals surface area contributed by atoms with E-state index in [1.54, 1.807) is 11.8 Å². The highest BCUT2D eigenvalue weighted by atomic mass is 16.5. The second-order valence-corrected chi connectivity index (χ2v) is 4.75.